The monoisotopic (exact) mass is 473 g/mol. The summed E-state index contributed by atoms with van der Waals surface area (Å²) >= 11 is 0. The summed E-state index contributed by atoms with van der Waals surface area (Å²) in [5.74, 6) is -2.87. The fraction of sp³-hybridized carbons (Fsp3) is 0.273. The average molecular weight is 474 g/mol. The molecule has 2 aromatic carbocycles. The molecule has 10 nitrogen and oxygen atoms in total. The van der Waals surface area contributed by atoms with Crippen LogP contribution in [-0.2, 0) is 24.3 Å². The van der Waals surface area contributed by atoms with Crippen LogP contribution in [0.5, 0.6) is 0 Å². The predicted octanol–water partition coefficient (Wildman–Crippen LogP) is 1.49. The lowest BCUT2D eigenvalue weighted by Gasteiger charge is -2.22. The summed E-state index contributed by atoms with van der Waals surface area (Å²) in [6.07, 6.45) is -1.27. The van der Waals surface area contributed by atoms with Crippen LogP contribution in [0, 0.1) is 0 Å². The maximum absolute atomic E-state index is 12.6. The smallest absolute Gasteiger partial charge is 0.329 e. The predicted molar refractivity (Wildman–Crippen MR) is 118 cm³/mol. The van der Waals surface area contributed by atoms with Gasteiger partial charge >= 0.3 is 5.97 Å². The zero-order chi connectivity index (χ0) is 24.5. The maximum atomic E-state index is 12.6. The fourth-order valence-corrected chi connectivity index (χ4v) is 4.13. The molecule has 0 bridgehead atoms. The highest BCUT2D eigenvalue weighted by Crippen LogP contribution is 2.25. The number of nitrogens with one attached hydrogen (secondary N) is 1. The van der Waals surface area contributed by atoms with Crippen molar-refractivity contribution in [2.24, 2.45) is 0 Å². The van der Waals surface area contributed by atoms with Gasteiger partial charge in [0.2, 0.25) is 10.0 Å². The van der Waals surface area contributed by atoms with Gasteiger partial charge in [0.1, 0.15) is 6.04 Å². The highest BCUT2D eigenvalue weighted by molar-refractivity contribution is 7.89. The first-order valence-electron chi connectivity index (χ1n) is 9.96. The minimum Gasteiger partial charge on any atom is -0.451 e. The maximum Gasteiger partial charge on any atom is 0.329 e. The molecule has 0 radical (unpaired) electrons. The zero-order valence-corrected chi connectivity index (χ0v) is 19.3. The summed E-state index contributed by atoms with van der Waals surface area (Å²) in [7, 11) is -0.928. The molecule has 0 aromatic heterocycles. The SMILES string of the molecule is C[C@H](C(=O)O[C@H](C)C(=O)Nc1cccc(S(=O)(=O)N(C)C)c1)N1C(=O)c2ccccc2C1=O. The van der Waals surface area contributed by atoms with E-state index in [0.717, 1.165) is 9.21 Å². The molecule has 3 rings (SSSR count). The largest absolute Gasteiger partial charge is 0.451 e. The third-order valence-electron chi connectivity index (χ3n) is 5.10. The Balaban J connectivity index is 1.66. The highest BCUT2D eigenvalue weighted by atomic mass is 32.2. The number of hydrogen-bond donors (Lipinski definition) is 1. The number of carbonyl (C=O) groups excluding carboxylic acids is 4. The van der Waals surface area contributed by atoms with E-state index in [-0.39, 0.29) is 21.7 Å². The van der Waals surface area contributed by atoms with E-state index < -0.39 is 45.9 Å². The van der Waals surface area contributed by atoms with Crippen molar-refractivity contribution >= 4 is 39.4 Å². The molecule has 2 aromatic rings. The molecule has 0 saturated heterocycles. The third-order valence-corrected chi connectivity index (χ3v) is 6.91. The lowest BCUT2D eigenvalue weighted by Crippen LogP contribution is -2.45. The topological polar surface area (TPSA) is 130 Å². The number of amides is 3. The van der Waals surface area contributed by atoms with Crippen molar-refractivity contribution in [2.75, 3.05) is 19.4 Å². The Morgan fingerprint density at radius 2 is 1.55 bits per heavy atom. The fourth-order valence-electron chi connectivity index (χ4n) is 3.18. The molecular weight excluding hydrogens is 450 g/mol. The van der Waals surface area contributed by atoms with Gasteiger partial charge in [0.05, 0.1) is 16.0 Å². The van der Waals surface area contributed by atoms with E-state index in [1.165, 1.54) is 64.3 Å². The second-order valence-corrected chi connectivity index (χ2v) is 9.74. The van der Waals surface area contributed by atoms with Gasteiger partial charge in [0, 0.05) is 19.8 Å². The first-order chi connectivity index (χ1) is 15.4. The van der Waals surface area contributed by atoms with Crippen molar-refractivity contribution in [2.45, 2.75) is 30.9 Å². The second-order valence-electron chi connectivity index (χ2n) is 7.59. The van der Waals surface area contributed by atoms with Crippen LogP contribution >= 0.6 is 0 Å². The van der Waals surface area contributed by atoms with Gasteiger partial charge < -0.3 is 10.1 Å². The van der Waals surface area contributed by atoms with Crippen molar-refractivity contribution in [3.05, 3.63) is 59.7 Å². The molecule has 0 spiro atoms. The molecule has 0 saturated carbocycles. The van der Waals surface area contributed by atoms with Gasteiger partial charge in [0.25, 0.3) is 17.7 Å². The van der Waals surface area contributed by atoms with Crippen LogP contribution in [0.25, 0.3) is 0 Å². The standard InChI is InChI=1S/C22H23N3O7S/c1-13(25-20(27)17-10-5-6-11-18(17)21(25)28)22(29)32-14(2)19(26)23-15-8-7-9-16(12-15)33(30,31)24(3)4/h5-14H,1-4H3,(H,23,26)/t13-,14-/m1/s1. The molecule has 1 heterocycles. The van der Waals surface area contributed by atoms with Crippen molar-refractivity contribution in [1.82, 2.24) is 9.21 Å². The number of sulfonamides is 1. The number of fused-ring (bicyclic) bond motifs is 1. The number of carbonyl (C=O) groups is 4. The van der Waals surface area contributed by atoms with Crippen LogP contribution in [0.3, 0.4) is 0 Å². The van der Waals surface area contributed by atoms with Gasteiger partial charge in [-0.25, -0.2) is 17.5 Å². The van der Waals surface area contributed by atoms with Crippen LogP contribution in [0.1, 0.15) is 34.6 Å². The lowest BCUT2D eigenvalue weighted by molar-refractivity contribution is -0.156. The first kappa shape index (κ1) is 24.1. The molecule has 1 N–H and O–H groups in total. The van der Waals surface area contributed by atoms with Crippen LogP contribution in [-0.4, -0.2) is 67.6 Å². The molecule has 2 atom stereocenters. The Morgan fingerprint density at radius 1 is 0.970 bits per heavy atom. The molecular formula is C22H23N3O7S. The van der Waals surface area contributed by atoms with E-state index in [1.54, 1.807) is 12.1 Å². The van der Waals surface area contributed by atoms with E-state index in [4.69, 9.17) is 4.74 Å². The lowest BCUT2D eigenvalue weighted by atomic mass is 10.1. The number of rotatable bonds is 7. The molecule has 11 heteroatoms. The van der Waals surface area contributed by atoms with Gasteiger partial charge in [0.15, 0.2) is 6.10 Å². The summed E-state index contributed by atoms with van der Waals surface area (Å²) < 4.78 is 30.7. The number of anilines is 1. The van der Waals surface area contributed by atoms with Crippen LogP contribution in [0.15, 0.2) is 53.4 Å². The molecule has 0 fully saturated rings. The second kappa shape index (κ2) is 9.12. The van der Waals surface area contributed by atoms with Crippen molar-refractivity contribution < 1.29 is 32.3 Å². The Labute approximate surface area is 191 Å². The third kappa shape index (κ3) is 4.64. The van der Waals surface area contributed by atoms with E-state index in [9.17, 15) is 27.6 Å². The highest BCUT2D eigenvalue weighted by Gasteiger charge is 2.41. The number of esters is 1. The Bertz CT molecular complexity index is 1210. The van der Waals surface area contributed by atoms with Crippen molar-refractivity contribution in [1.29, 1.82) is 0 Å². The number of ether oxygens (including phenoxy) is 1. The van der Waals surface area contributed by atoms with Gasteiger partial charge in [-0.3, -0.25) is 19.3 Å². The van der Waals surface area contributed by atoms with E-state index in [2.05, 4.69) is 5.32 Å². The van der Waals surface area contributed by atoms with E-state index in [1.807, 2.05) is 0 Å². The summed E-state index contributed by atoms with van der Waals surface area (Å²) in [4.78, 5) is 50.9. The van der Waals surface area contributed by atoms with Crippen molar-refractivity contribution in [3.63, 3.8) is 0 Å². The minimum absolute atomic E-state index is 0.0193. The normalized spacial score (nSPS) is 15.2. The van der Waals surface area contributed by atoms with Gasteiger partial charge in [-0.2, -0.15) is 0 Å². The summed E-state index contributed by atoms with van der Waals surface area (Å²) in [6, 6.07) is 10.6. The molecule has 3 amide bonds. The average Bonchev–Trinajstić information content (AvgIpc) is 3.03. The van der Waals surface area contributed by atoms with Crippen LogP contribution in [0.4, 0.5) is 5.69 Å². The zero-order valence-electron chi connectivity index (χ0n) is 18.4. The van der Waals surface area contributed by atoms with Gasteiger partial charge in [-0.1, -0.05) is 18.2 Å². The van der Waals surface area contributed by atoms with E-state index >= 15 is 0 Å². The number of benzene rings is 2. The molecule has 174 valence electrons. The number of imide groups is 1. The number of hydrogen-bond acceptors (Lipinski definition) is 7. The molecule has 1 aliphatic heterocycles. The molecule has 33 heavy (non-hydrogen) atoms. The minimum atomic E-state index is -3.70. The Hall–Kier alpha value is -3.57. The summed E-state index contributed by atoms with van der Waals surface area (Å²) in [5, 5.41) is 2.49. The summed E-state index contributed by atoms with van der Waals surface area (Å²) in [6.45, 7) is 2.66. The first-order valence-corrected chi connectivity index (χ1v) is 11.4. The summed E-state index contributed by atoms with van der Waals surface area (Å²) in [5.41, 5.74) is 0.584. The molecule has 1 aliphatic rings. The Morgan fingerprint density at radius 3 is 2.09 bits per heavy atom. The van der Waals surface area contributed by atoms with Crippen LogP contribution in [0.2, 0.25) is 0 Å². The Kier molecular flexibility index (Phi) is 6.65. The van der Waals surface area contributed by atoms with E-state index in [0.29, 0.717) is 0 Å². The number of nitrogens with zero attached hydrogens (tertiary/aromatic N) is 2. The molecule has 0 unspecified atom stereocenters. The van der Waals surface area contributed by atoms with Crippen molar-refractivity contribution in [3.8, 4) is 0 Å². The van der Waals surface area contributed by atoms with Crippen LogP contribution < -0.4 is 5.32 Å². The molecule has 0 aliphatic carbocycles. The van der Waals surface area contributed by atoms with Gasteiger partial charge in [-0.15, -0.1) is 0 Å². The van der Waals surface area contributed by atoms with Gasteiger partial charge in [-0.05, 0) is 44.2 Å². The quantitative estimate of drug-likeness (QED) is 0.476.